The summed E-state index contributed by atoms with van der Waals surface area (Å²) < 4.78 is 29.5. The molecule has 0 bridgehead atoms. The number of rotatable bonds is 5. The topological polar surface area (TPSA) is 82.8 Å². The number of halogens is 1. The zero-order chi connectivity index (χ0) is 15.2. The van der Waals surface area contributed by atoms with E-state index in [1.807, 2.05) is 0 Å². The van der Waals surface area contributed by atoms with Gasteiger partial charge in [0.1, 0.15) is 5.82 Å². The maximum Gasteiger partial charge on any atom is 0.340 e. The molecule has 1 heterocycles. The maximum absolute atomic E-state index is 13.9. The summed E-state index contributed by atoms with van der Waals surface area (Å²) in [6.07, 6.45) is -0.151. The van der Waals surface area contributed by atoms with Crippen molar-refractivity contribution in [3.8, 4) is 0 Å². The number of hydrogen-bond acceptors (Lipinski definition) is 6. The SMILES string of the molecule is CCOC(=O)c1cc(NCC2COCCO2)c(F)cc1N. The summed E-state index contributed by atoms with van der Waals surface area (Å²) in [6, 6.07) is 2.46. The first-order valence-electron chi connectivity index (χ1n) is 6.81. The molecule has 1 unspecified atom stereocenters. The van der Waals surface area contributed by atoms with Gasteiger partial charge in [-0.05, 0) is 19.1 Å². The van der Waals surface area contributed by atoms with E-state index in [9.17, 15) is 9.18 Å². The number of ether oxygens (including phenoxy) is 3. The Morgan fingerprint density at radius 2 is 2.33 bits per heavy atom. The number of nitrogens with one attached hydrogen (secondary N) is 1. The van der Waals surface area contributed by atoms with Gasteiger partial charge in [0, 0.05) is 12.2 Å². The molecule has 0 spiro atoms. The van der Waals surface area contributed by atoms with Crippen LogP contribution < -0.4 is 11.1 Å². The van der Waals surface area contributed by atoms with Crippen molar-refractivity contribution in [3.05, 3.63) is 23.5 Å². The highest BCUT2D eigenvalue weighted by Gasteiger charge is 2.18. The van der Waals surface area contributed by atoms with Crippen molar-refractivity contribution in [2.24, 2.45) is 0 Å². The smallest absolute Gasteiger partial charge is 0.340 e. The van der Waals surface area contributed by atoms with Gasteiger partial charge in [-0.1, -0.05) is 0 Å². The van der Waals surface area contributed by atoms with Gasteiger partial charge in [0.2, 0.25) is 0 Å². The molecule has 1 fully saturated rings. The fourth-order valence-electron chi connectivity index (χ4n) is 1.99. The number of benzene rings is 1. The lowest BCUT2D eigenvalue weighted by Crippen LogP contribution is -2.34. The quantitative estimate of drug-likeness (QED) is 0.632. The molecular formula is C14H19FN2O4. The summed E-state index contributed by atoms with van der Waals surface area (Å²) in [5.74, 6) is -1.10. The zero-order valence-corrected chi connectivity index (χ0v) is 11.9. The Morgan fingerprint density at radius 1 is 1.52 bits per heavy atom. The largest absolute Gasteiger partial charge is 0.462 e. The van der Waals surface area contributed by atoms with Crippen molar-refractivity contribution in [1.29, 1.82) is 0 Å². The van der Waals surface area contributed by atoms with E-state index in [2.05, 4.69) is 5.32 Å². The molecule has 0 saturated carbocycles. The Kier molecular flexibility index (Phi) is 5.35. The van der Waals surface area contributed by atoms with Crippen LogP contribution in [-0.2, 0) is 14.2 Å². The molecule has 1 aromatic carbocycles. The molecule has 0 aliphatic carbocycles. The normalized spacial score (nSPS) is 18.3. The number of nitrogens with two attached hydrogens (primary N) is 1. The van der Waals surface area contributed by atoms with Crippen molar-refractivity contribution < 1.29 is 23.4 Å². The minimum atomic E-state index is -0.574. The first-order valence-corrected chi connectivity index (χ1v) is 6.81. The van der Waals surface area contributed by atoms with Crippen LogP contribution in [0.4, 0.5) is 15.8 Å². The van der Waals surface area contributed by atoms with E-state index in [4.69, 9.17) is 19.9 Å². The average Bonchev–Trinajstić information content (AvgIpc) is 2.47. The minimum Gasteiger partial charge on any atom is -0.462 e. The van der Waals surface area contributed by atoms with E-state index in [-0.39, 0.29) is 29.6 Å². The molecule has 1 aliphatic rings. The number of esters is 1. The Morgan fingerprint density at radius 3 is 3.00 bits per heavy atom. The molecule has 116 valence electrons. The summed E-state index contributed by atoms with van der Waals surface area (Å²) in [5, 5.41) is 2.90. The molecule has 2 rings (SSSR count). The fourth-order valence-corrected chi connectivity index (χ4v) is 1.99. The van der Waals surface area contributed by atoms with E-state index >= 15 is 0 Å². The van der Waals surface area contributed by atoms with Crippen LogP contribution in [0.5, 0.6) is 0 Å². The number of anilines is 2. The van der Waals surface area contributed by atoms with Gasteiger partial charge in [-0.3, -0.25) is 0 Å². The van der Waals surface area contributed by atoms with Gasteiger partial charge in [-0.25, -0.2) is 9.18 Å². The summed E-state index contributed by atoms with van der Waals surface area (Å²) in [7, 11) is 0. The molecule has 7 heteroatoms. The molecule has 1 aliphatic heterocycles. The zero-order valence-electron chi connectivity index (χ0n) is 11.9. The second kappa shape index (κ2) is 7.24. The predicted molar refractivity (Wildman–Crippen MR) is 75.8 cm³/mol. The van der Waals surface area contributed by atoms with Crippen molar-refractivity contribution >= 4 is 17.3 Å². The summed E-state index contributed by atoms with van der Waals surface area (Å²) in [4.78, 5) is 11.7. The molecule has 1 atom stereocenters. The van der Waals surface area contributed by atoms with Gasteiger partial charge >= 0.3 is 5.97 Å². The van der Waals surface area contributed by atoms with Crippen LogP contribution in [0.25, 0.3) is 0 Å². The summed E-state index contributed by atoms with van der Waals surface area (Å²) in [6.45, 7) is 3.84. The lowest BCUT2D eigenvalue weighted by Gasteiger charge is -2.23. The van der Waals surface area contributed by atoms with Gasteiger partial charge in [-0.15, -0.1) is 0 Å². The van der Waals surface area contributed by atoms with Crippen molar-refractivity contribution in [2.45, 2.75) is 13.0 Å². The maximum atomic E-state index is 13.9. The highest BCUT2D eigenvalue weighted by Crippen LogP contribution is 2.23. The molecule has 0 amide bonds. The second-order valence-corrected chi connectivity index (χ2v) is 4.59. The van der Waals surface area contributed by atoms with Crippen LogP contribution in [0.2, 0.25) is 0 Å². The van der Waals surface area contributed by atoms with Crippen molar-refractivity contribution in [2.75, 3.05) is 44.0 Å². The first-order chi connectivity index (χ1) is 10.1. The highest BCUT2D eigenvalue weighted by molar-refractivity contribution is 5.96. The van der Waals surface area contributed by atoms with Crippen LogP contribution >= 0.6 is 0 Å². The molecule has 21 heavy (non-hydrogen) atoms. The third kappa shape index (κ3) is 4.05. The van der Waals surface area contributed by atoms with E-state index in [1.54, 1.807) is 6.92 Å². The fraction of sp³-hybridized carbons (Fsp3) is 0.500. The Bertz CT molecular complexity index is 504. The van der Waals surface area contributed by atoms with Crippen molar-refractivity contribution in [1.82, 2.24) is 0 Å². The lowest BCUT2D eigenvalue weighted by molar-refractivity contribution is -0.0819. The van der Waals surface area contributed by atoms with E-state index < -0.39 is 11.8 Å². The molecule has 1 aromatic rings. The van der Waals surface area contributed by atoms with E-state index in [0.717, 1.165) is 6.07 Å². The van der Waals surface area contributed by atoms with Crippen LogP contribution in [0.3, 0.4) is 0 Å². The van der Waals surface area contributed by atoms with Gasteiger partial charge in [0.25, 0.3) is 0 Å². The molecular weight excluding hydrogens is 279 g/mol. The van der Waals surface area contributed by atoms with Gasteiger partial charge in [0.15, 0.2) is 0 Å². The average molecular weight is 298 g/mol. The van der Waals surface area contributed by atoms with Crippen LogP contribution in [-0.4, -0.2) is 45.0 Å². The Hall–Kier alpha value is -1.86. The molecule has 0 radical (unpaired) electrons. The number of nitrogen functional groups attached to an aromatic ring is 1. The van der Waals surface area contributed by atoms with Crippen LogP contribution in [0.15, 0.2) is 12.1 Å². The molecule has 1 saturated heterocycles. The molecule has 6 nitrogen and oxygen atoms in total. The van der Waals surface area contributed by atoms with Gasteiger partial charge in [-0.2, -0.15) is 0 Å². The number of carbonyl (C=O) groups excluding carboxylic acids is 1. The predicted octanol–water partition coefficient (Wildman–Crippen LogP) is 1.41. The first kappa shape index (κ1) is 15.5. The third-order valence-corrected chi connectivity index (χ3v) is 3.04. The molecule has 3 N–H and O–H groups in total. The third-order valence-electron chi connectivity index (χ3n) is 3.04. The van der Waals surface area contributed by atoms with Crippen LogP contribution in [0, 0.1) is 5.82 Å². The minimum absolute atomic E-state index is 0.0498. The monoisotopic (exact) mass is 298 g/mol. The summed E-state index contributed by atoms with van der Waals surface area (Å²) >= 11 is 0. The van der Waals surface area contributed by atoms with Crippen LogP contribution in [0.1, 0.15) is 17.3 Å². The highest BCUT2D eigenvalue weighted by atomic mass is 19.1. The van der Waals surface area contributed by atoms with E-state index in [1.165, 1.54) is 6.07 Å². The van der Waals surface area contributed by atoms with Gasteiger partial charge < -0.3 is 25.3 Å². The Labute approximate surface area is 122 Å². The number of hydrogen-bond donors (Lipinski definition) is 2. The Balaban J connectivity index is 2.07. The van der Waals surface area contributed by atoms with Crippen molar-refractivity contribution in [3.63, 3.8) is 0 Å². The lowest BCUT2D eigenvalue weighted by atomic mass is 10.1. The standard InChI is InChI=1S/C14H19FN2O4/c1-2-20-14(18)10-5-13(11(15)6-12(10)16)17-7-9-8-19-3-4-21-9/h5-6,9,17H,2-4,7-8,16H2,1H3. The second-order valence-electron chi connectivity index (χ2n) is 4.59. The summed E-state index contributed by atoms with van der Waals surface area (Å²) in [5.41, 5.74) is 6.02. The van der Waals surface area contributed by atoms with E-state index in [0.29, 0.717) is 26.4 Å². The molecule has 0 aromatic heterocycles. The number of carbonyl (C=O) groups is 1. The van der Waals surface area contributed by atoms with Gasteiger partial charge in [0.05, 0.1) is 43.8 Å².